The van der Waals surface area contributed by atoms with Crippen LogP contribution < -0.4 is 5.32 Å². The lowest BCUT2D eigenvalue weighted by Crippen LogP contribution is -2.53. The van der Waals surface area contributed by atoms with Crippen molar-refractivity contribution in [1.29, 1.82) is 0 Å². The van der Waals surface area contributed by atoms with Gasteiger partial charge in [-0.15, -0.1) is 0 Å². The first-order chi connectivity index (χ1) is 7.23. The normalized spacial score (nSPS) is 32.3. The molecule has 86 valence electrons. The van der Waals surface area contributed by atoms with Crippen LogP contribution in [0.5, 0.6) is 0 Å². The minimum atomic E-state index is -0.662. The van der Waals surface area contributed by atoms with Crippen molar-refractivity contribution in [2.24, 2.45) is 5.92 Å². The third kappa shape index (κ3) is 2.48. The molecule has 1 aliphatic carbocycles. The molecule has 4 heteroatoms. The maximum absolute atomic E-state index is 11.3. The second-order valence-electron chi connectivity index (χ2n) is 4.72. The number of nitrogens with one attached hydrogen (secondary N) is 1. The second-order valence-corrected chi connectivity index (χ2v) is 5.83. The average molecular weight is 229 g/mol. The van der Waals surface area contributed by atoms with Gasteiger partial charge in [0.2, 0.25) is 0 Å². The maximum atomic E-state index is 11.3. The van der Waals surface area contributed by atoms with Gasteiger partial charge in [-0.25, -0.2) is 0 Å². The number of hydrogen-bond donors (Lipinski definition) is 2. The summed E-state index contributed by atoms with van der Waals surface area (Å²) in [6.07, 6.45) is 5.97. The summed E-state index contributed by atoms with van der Waals surface area (Å²) in [5.41, 5.74) is -0.618. The minimum Gasteiger partial charge on any atom is -0.480 e. The summed E-state index contributed by atoms with van der Waals surface area (Å²) in [4.78, 5) is 11.3. The first kappa shape index (κ1) is 11.3. The van der Waals surface area contributed by atoms with E-state index < -0.39 is 11.5 Å². The Labute approximate surface area is 95.0 Å². The van der Waals surface area contributed by atoms with Crippen LogP contribution in [0, 0.1) is 5.92 Å². The molecule has 3 nitrogen and oxygen atoms in total. The highest BCUT2D eigenvalue weighted by Gasteiger charge is 2.41. The molecule has 0 aromatic carbocycles. The van der Waals surface area contributed by atoms with Crippen LogP contribution in [0.15, 0.2) is 0 Å². The fourth-order valence-corrected chi connectivity index (χ4v) is 3.86. The molecule has 2 rings (SSSR count). The van der Waals surface area contributed by atoms with Gasteiger partial charge in [-0.1, -0.05) is 12.8 Å². The summed E-state index contributed by atoms with van der Waals surface area (Å²) in [7, 11) is 0. The van der Waals surface area contributed by atoms with Crippen molar-refractivity contribution in [3.05, 3.63) is 0 Å². The van der Waals surface area contributed by atoms with Crippen molar-refractivity contribution in [2.45, 2.75) is 37.6 Å². The maximum Gasteiger partial charge on any atom is 0.324 e. The summed E-state index contributed by atoms with van der Waals surface area (Å²) in [5.74, 6) is 1.76. The van der Waals surface area contributed by atoms with Gasteiger partial charge in [0.25, 0.3) is 0 Å². The van der Waals surface area contributed by atoms with Gasteiger partial charge in [-0.3, -0.25) is 4.79 Å². The number of aliphatic carboxylic acids is 1. The first-order valence-electron chi connectivity index (χ1n) is 5.79. The zero-order chi connectivity index (χ0) is 10.7. The van der Waals surface area contributed by atoms with Crippen LogP contribution in [0.25, 0.3) is 0 Å². The number of rotatable bonds is 4. The van der Waals surface area contributed by atoms with Crippen molar-refractivity contribution in [3.8, 4) is 0 Å². The highest BCUT2D eigenvalue weighted by molar-refractivity contribution is 7.99. The van der Waals surface area contributed by atoms with Gasteiger partial charge in [0.05, 0.1) is 0 Å². The topological polar surface area (TPSA) is 49.3 Å². The zero-order valence-electron chi connectivity index (χ0n) is 9.00. The fraction of sp³-hybridized carbons (Fsp3) is 0.909. The van der Waals surface area contributed by atoms with Crippen molar-refractivity contribution in [3.63, 3.8) is 0 Å². The molecule has 0 bridgehead atoms. The lowest BCUT2D eigenvalue weighted by molar-refractivity contribution is -0.143. The molecule has 1 atom stereocenters. The standard InChI is InChI=1S/C11H19NO2S/c13-10(14)11(5-6-15-8-11)12-7-9-3-1-2-4-9/h9,12H,1-8H2,(H,13,14). The Kier molecular flexibility index (Phi) is 3.57. The molecular formula is C11H19NO2S. The summed E-state index contributed by atoms with van der Waals surface area (Å²) in [5, 5.41) is 12.6. The highest BCUT2D eigenvalue weighted by atomic mass is 32.2. The van der Waals surface area contributed by atoms with E-state index in [9.17, 15) is 9.90 Å². The molecule has 1 unspecified atom stereocenters. The van der Waals surface area contributed by atoms with E-state index in [-0.39, 0.29) is 0 Å². The summed E-state index contributed by atoms with van der Waals surface area (Å²) in [6, 6.07) is 0. The zero-order valence-corrected chi connectivity index (χ0v) is 9.81. The predicted molar refractivity (Wildman–Crippen MR) is 62.3 cm³/mol. The molecule has 2 fully saturated rings. The number of hydrogen-bond acceptors (Lipinski definition) is 3. The third-order valence-corrected chi connectivity index (χ3v) is 4.82. The molecule has 0 spiro atoms. The molecule has 15 heavy (non-hydrogen) atoms. The van der Waals surface area contributed by atoms with Gasteiger partial charge < -0.3 is 10.4 Å². The van der Waals surface area contributed by atoms with E-state index in [1.807, 2.05) is 0 Å². The second kappa shape index (κ2) is 4.74. The van der Waals surface area contributed by atoms with Gasteiger partial charge in [-0.05, 0) is 37.5 Å². The van der Waals surface area contributed by atoms with Crippen molar-refractivity contribution in [1.82, 2.24) is 5.32 Å². The quantitative estimate of drug-likeness (QED) is 0.771. The number of carboxylic acids is 1. The molecule has 0 amide bonds. The van der Waals surface area contributed by atoms with Crippen LogP contribution in [0.3, 0.4) is 0 Å². The SMILES string of the molecule is O=C(O)C1(NCC2CCCC2)CCSC1. The Morgan fingerprint density at radius 1 is 1.47 bits per heavy atom. The van der Waals surface area contributed by atoms with Crippen LogP contribution in [0.2, 0.25) is 0 Å². The van der Waals surface area contributed by atoms with Gasteiger partial charge in [0.15, 0.2) is 0 Å². The predicted octanol–water partition coefficient (Wildman–Crippen LogP) is 1.73. The Morgan fingerprint density at radius 3 is 2.73 bits per heavy atom. The summed E-state index contributed by atoms with van der Waals surface area (Å²) < 4.78 is 0. The molecule has 2 N–H and O–H groups in total. The molecule has 0 aromatic rings. The van der Waals surface area contributed by atoms with Gasteiger partial charge in [0.1, 0.15) is 5.54 Å². The van der Waals surface area contributed by atoms with Crippen LogP contribution in [0.1, 0.15) is 32.1 Å². The van der Waals surface area contributed by atoms with E-state index in [4.69, 9.17) is 0 Å². The highest BCUT2D eigenvalue weighted by Crippen LogP contribution is 2.30. The van der Waals surface area contributed by atoms with Crippen LogP contribution in [0.4, 0.5) is 0 Å². The average Bonchev–Trinajstić information content (AvgIpc) is 2.87. The molecule has 0 radical (unpaired) electrons. The summed E-state index contributed by atoms with van der Waals surface area (Å²) >= 11 is 1.75. The number of thioether (sulfide) groups is 1. The molecule has 2 aliphatic rings. The van der Waals surface area contributed by atoms with Crippen molar-refractivity contribution >= 4 is 17.7 Å². The monoisotopic (exact) mass is 229 g/mol. The first-order valence-corrected chi connectivity index (χ1v) is 6.95. The number of carbonyl (C=O) groups is 1. The smallest absolute Gasteiger partial charge is 0.324 e. The Morgan fingerprint density at radius 2 is 2.20 bits per heavy atom. The van der Waals surface area contributed by atoms with Crippen molar-refractivity contribution < 1.29 is 9.90 Å². The van der Waals surface area contributed by atoms with Gasteiger partial charge >= 0.3 is 5.97 Å². The van der Waals surface area contributed by atoms with E-state index in [1.54, 1.807) is 11.8 Å². The molecule has 1 saturated carbocycles. The van der Waals surface area contributed by atoms with Gasteiger partial charge in [0, 0.05) is 5.75 Å². The van der Waals surface area contributed by atoms with E-state index in [2.05, 4.69) is 5.32 Å². The molecule has 1 heterocycles. The lowest BCUT2D eigenvalue weighted by atomic mass is 9.97. The Bertz CT molecular complexity index is 233. The van der Waals surface area contributed by atoms with Crippen LogP contribution in [-0.2, 0) is 4.79 Å². The van der Waals surface area contributed by atoms with E-state index in [0.29, 0.717) is 5.92 Å². The van der Waals surface area contributed by atoms with Crippen LogP contribution in [-0.4, -0.2) is 34.7 Å². The van der Waals surface area contributed by atoms with E-state index in [1.165, 1.54) is 25.7 Å². The van der Waals surface area contributed by atoms with Gasteiger partial charge in [-0.2, -0.15) is 11.8 Å². The minimum absolute atomic E-state index is 0.618. The van der Waals surface area contributed by atoms with E-state index in [0.717, 1.165) is 24.5 Å². The summed E-state index contributed by atoms with van der Waals surface area (Å²) in [6.45, 7) is 0.896. The van der Waals surface area contributed by atoms with E-state index >= 15 is 0 Å². The molecule has 0 aromatic heterocycles. The largest absolute Gasteiger partial charge is 0.480 e. The lowest BCUT2D eigenvalue weighted by Gasteiger charge is -2.26. The third-order valence-electron chi connectivity index (χ3n) is 3.63. The van der Waals surface area contributed by atoms with Crippen molar-refractivity contribution in [2.75, 3.05) is 18.1 Å². The van der Waals surface area contributed by atoms with Crippen LogP contribution >= 0.6 is 11.8 Å². The molecule has 1 saturated heterocycles. The number of carboxylic acid groups (broad SMARTS) is 1. The Balaban J connectivity index is 1.86. The Hall–Kier alpha value is -0.220. The fourth-order valence-electron chi connectivity index (χ4n) is 2.50. The molecular weight excluding hydrogens is 210 g/mol. The molecule has 1 aliphatic heterocycles.